The van der Waals surface area contributed by atoms with Crippen LogP contribution in [0.3, 0.4) is 0 Å². The molecule has 0 N–H and O–H groups in total. The maximum Gasteiger partial charge on any atom is 0.222 e. The minimum atomic E-state index is 0.241. The topological polar surface area (TPSA) is 48.0 Å². The Labute approximate surface area is 179 Å². The summed E-state index contributed by atoms with van der Waals surface area (Å²) in [6.07, 6.45) is 5.67. The minimum Gasteiger partial charge on any atom is -0.497 e. The van der Waals surface area contributed by atoms with Gasteiger partial charge in [-0.25, -0.2) is 0 Å². The number of carbonyl (C=O) groups is 1. The second-order valence-corrected chi connectivity index (χ2v) is 7.93. The number of methoxy groups -OCH3 is 3. The Morgan fingerprint density at radius 3 is 2.00 bits per heavy atom. The lowest BCUT2D eigenvalue weighted by Crippen LogP contribution is -2.38. The maximum absolute atomic E-state index is 12.7. The van der Waals surface area contributed by atoms with E-state index in [1.165, 1.54) is 12.0 Å². The van der Waals surface area contributed by atoms with E-state index < -0.39 is 0 Å². The lowest BCUT2D eigenvalue weighted by molar-refractivity contribution is -0.132. The molecule has 1 aliphatic heterocycles. The Kier molecular flexibility index (Phi) is 8.00. The van der Waals surface area contributed by atoms with Crippen molar-refractivity contribution in [2.75, 3.05) is 34.4 Å². The van der Waals surface area contributed by atoms with Gasteiger partial charge < -0.3 is 19.1 Å². The van der Waals surface area contributed by atoms with Crippen LogP contribution in [0.4, 0.5) is 0 Å². The lowest BCUT2D eigenvalue weighted by atomic mass is 9.90. The van der Waals surface area contributed by atoms with Gasteiger partial charge in [0.2, 0.25) is 5.91 Å². The molecule has 0 aliphatic carbocycles. The highest BCUT2D eigenvalue weighted by Crippen LogP contribution is 2.25. The van der Waals surface area contributed by atoms with Crippen LogP contribution in [0, 0.1) is 5.92 Å². The summed E-state index contributed by atoms with van der Waals surface area (Å²) in [6, 6.07) is 14.1. The molecule has 0 unspecified atom stereocenters. The number of benzene rings is 2. The Morgan fingerprint density at radius 1 is 0.833 bits per heavy atom. The van der Waals surface area contributed by atoms with Crippen LogP contribution in [0.5, 0.6) is 17.2 Å². The van der Waals surface area contributed by atoms with E-state index >= 15 is 0 Å². The summed E-state index contributed by atoms with van der Waals surface area (Å²) < 4.78 is 15.9. The van der Waals surface area contributed by atoms with Crippen LogP contribution >= 0.6 is 0 Å². The zero-order valence-corrected chi connectivity index (χ0v) is 18.4. The number of ether oxygens (including phenoxy) is 3. The summed E-state index contributed by atoms with van der Waals surface area (Å²) in [6.45, 7) is 1.74. The third kappa shape index (κ3) is 6.15. The van der Waals surface area contributed by atoms with E-state index in [1.807, 2.05) is 35.2 Å². The first-order chi connectivity index (χ1) is 14.6. The first-order valence-electron chi connectivity index (χ1n) is 10.7. The van der Waals surface area contributed by atoms with Crippen molar-refractivity contribution in [3.8, 4) is 17.2 Å². The summed E-state index contributed by atoms with van der Waals surface area (Å²) in [5.41, 5.74) is 2.41. The summed E-state index contributed by atoms with van der Waals surface area (Å²) in [5, 5.41) is 0. The van der Waals surface area contributed by atoms with Gasteiger partial charge in [0.25, 0.3) is 0 Å². The molecule has 0 radical (unpaired) electrons. The van der Waals surface area contributed by atoms with Crippen molar-refractivity contribution < 1.29 is 19.0 Å². The largest absolute Gasteiger partial charge is 0.497 e. The van der Waals surface area contributed by atoms with Gasteiger partial charge in [-0.1, -0.05) is 12.1 Å². The molecule has 1 amide bonds. The molecule has 3 rings (SSSR count). The monoisotopic (exact) mass is 411 g/mol. The predicted molar refractivity (Wildman–Crippen MR) is 118 cm³/mol. The highest BCUT2D eigenvalue weighted by molar-refractivity contribution is 5.76. The van der Waals surface area contributed by atoms with Crippen molar-refractivity contribution in [3.63, 3.8) is 0 Å². The fraction of sp³-hybridized carbons (Fsp3) is 0.480. The van der Waals surface area contributed by atoms with Crippen molar-refractivity contribution in [2.45, 2.75) is 38.5 Å². The Bertz CT molecular complexity index is 788. The number of piperidine rings is 1. The number of likely N-dealkylation sites (tertiary alicyclic amines) is 1. The SMILES string of the molecule is COc1ccc(CCC2CCN(C(=O)CCc3cc(OC)cc(OC)c3)CC2)cc1. The van der Waals surface area contributed by atoms with Gasteiger partial charge in [0.15, 0.2) is 0 Å². The normalized spacial score (nSPS) is 14.4. The van der Waals surface area contributed by atoms with Crippen LogP contribution in [-0.2, 0) is 17.6 Å². The average molecular weight is 412 g/mol. The van der Waals surface area contributed by atoms with E-state index in [9.17, 15) is 4.79 Å². The lowest BCUT2D eigenvalue weighted by Gasteiger charge is -2.32. The van der Waals surface area contributed by atoms with Crippen LogP contribution in [-0.4, -0.2) is 45.2 Å². The fourth-order valence-corrected chi connectivity index (χ4v) is 4.05. The van der Waals surface area contributed by atoms with Crippen LogP contribution < -0.4 is 14.2 Å². The number of hydrogen-bond acceptors (Lipinski definition) is 4. The molecule has 0 atom stereocenters. The van der Waals surface area contributed by atoms with E-state index in [2.05, 4.69) is 12.1 Å². The van der Waals surface area contributed by atoms with Crippen LogP contribution in [0.2, 0.25) is 0 Å². The van der Waals surface area contributed by atoms with Gasteiger partial charge in [0.05, 0.1) is 21.3 Å². The van der Waals surface area contributed by atoms with Crippen molar-refractivity contribution in [1.82, 2.24) is 4.90 Å². The second-order valence-electron chi connectivity index (χ2n) is 7.93. The van der Waals surface area contributed by atoms with Gasteiger partial charge in [0, 0.05) is 25.6 Å². The van der Waals surface area contributed by atoms with Crippen molar-refractivity contribution >= 4 is 5.91 Å². The molecule has 0 saturated carbocycles. The molecule has 0 spiro atoms. The third-order valence-corrected chi connectivity index (χ3v) is 6.01. The average Bonchev–Trinajstić information content (AvgIpc) is 2.81. The van der Waals surface area contributed by atoms with Crippen molar-refractivity contribution in [3.05, 3.63) is 53.6 Å². The standard InChI is InChI=1S/C25H33NO4/c1-28-22-9-6-19(7-10-22)4-5-20-12-14-26(15-13-20)25(27)11-8-21-16-23(29-2)18-24(17-21)30-3/h6-7,9-10,16-18,20H,4-5,8,11-15H2,1-3H3. The molecule has 1 heterocycles. The molecule has 30 heavy (non-hydrogen) atoms. The minimum absolute atomic E-state index is 0.241. The van der Waals surface area contributed by atoms with E-state index in [-0.39, 0.29) is 5.91 Å². The van der Waals surface area contributed by atoms with Gasteiger partial charge in [-0.05, 0) is 73.4 Å². The molecule has 162 valence electrons. The van der Waals surface area contributed by atoms with Crippen molar-refractivity contribution in [1.29, 1.82) is 0 Å². The summed E-state index contributed by atoms with van der Waals surface area (Å²) in [4.78, 5) is 14.7. The van der Waals surface area contributed by atoms with Gasteiger partial charge in [-0.3, -0.25) is 4.79 Å². The fourth-order valence-electron chi connectivity index (χ4n) is 4.05. The maximum atomic E-state index is 12.7. The zero-order valence-electron chi connectivity index (χ0n) is 18.4. The van der Waals surface area contributed by atoms with Crippen LogP contribution in [0.25, 0.3) is 0 Å². The Morgan fingerprint density at radius 2 is 1.43 bits per heavy atom. The summed E-state index contributed by atoms with van der Waals surface area (Å²) in [5.74, 6) is 3.35. The molecule has 0 bridgehead atoms. The molecule has 2 aromatic carbocycles. The summed E-state index contributed by atoms with van der Waals surface area (Å²) in [7, 11) is 4.97. The molecule has 1 aliphatic rings. The molecule has 1 saturated heterocycles. The number of rotatable bonds is 9. The molecule has 2 aromatic rings. The van der Waals surface area contributed by atoms with Gasteiger partial charge >= 0.3 is 0 Å². The number of hydrogen-bond donors (Lipinski definition) is 0. The number of aryl methyl sites for hydroxylation is 2. The van der Waals surface area contributed by atoms with E-state index in [4.69, 9.17) is 14.2 Å². The quantitative estimate of drug-likeness (QED) is 0.609. The number of carbonyl (C=O) groups excluding carboxylic acids is 1. The molecule has 1 fully saturated rings. The Balaban J connectivity index is 1.41. The number of amides is 1. The van der Waals surface area contributed by atoms with Gasteiger partial charge in [0.1, 0.15) is 17.2 Å². The first-order valence-corrected chi connectivity index (χ1v) is 10.7. The third-order valence-electron chi connectivity index (χ3n) is 6.01. The Hall–Kier alpha value is -2.69. The molecular weight excluding hydrogens is 378 g/mol. The first kappa shape index (κ1) is 22.0. The van der Waals surface area contributed by atoms with E-state index in [0.29, 0.717) is 18.8 Å². The second kappa shape index (κ2) is 10.9. The highest BCUT2D eigenvalue weighted by Gasteiger charge is 2.22. The predicted octanol–water partition coefficient (Wildman–Crippen LogP) is 4.52. The summed E-state index contributed by atoms with van der Waals surface area (Å²) >= 11 is 0. The van der Waals surface area contributed by atoms with Crippen LogP contribution in [0.1, 0.15) is 36.8 Å². The molecule has 0 aromatic heterocycles. The van der Waals surface area contributed by atoms with Gasteiger partial charge in [-0.15, -0.1) is 0 Å². The van der Waals surface area contributed by atoms with Gasteiger partial charge in [-0.2, -0.15) is 0 Å². The van der Waals surface area contributed by atoms with Crippen molar-refractivity contribution in [2.24, 2.45) is 5.92 Å². The highest BCUT2D eigenvalue weighted by atomic mass is 16.5. The molecular formula is C25H33NO4. The number of nitrogens with zero attached hydrogens (tertiary/aromatic N) is 1. The van der Waals surface area contributed by atoms with E-state index in [0.717, 1.165) is 55.2 Å². The van der Waals surface area contributed by atoms with E-state index in [1.54, 1.807) is 21.3 Å². The molecule has 5 heteroatoms. The van der Waals surface area contributed by atoms with Crippen LogP contribution in [0.15, 0.2) is 42.5 Å². The zero-order chi connectivity index (χ0) is 21.3. The smallest absolute Gasteiger partial charge is 0.222 e. The molecule has 5 nitrogen and oxygen atoms in total.